The number of benzene rings is 1. The Morgan fingerprint density at radius 2 is 2.11 bits per heavy atom. The summed E-state index contributed by atoms with van der Waals surface area (Å²) in [6.07, 6.45) is 0. The van der Waals surface area contributed by atoms with E-state index in [-0.39, 0.29) is 17.4 Å². The Bertz CT molecular complexity index is 502. The molecule has 0 fully saturated rings. The van der Waals surface area contributed by atoms with Crippen LogP contribution in [0, 0.1) is 5.92 Å². The summed E-state index contributed by atoms with van der Waals surface area (Å²) in [5.41, 5.74) is 6.02. The van der Waals surface area contributed by atoms with Gasteiger partial charge in [0.1, 0.15) is 5.75 Å². The lowest BCUT2D eigenvalue weighted by molar-refractivity contribution is 0.411. The van der Waals surface area contributed by atoms with Gasteiger partial charge in [0.05, 0.1) is 18.6 Å². The summed E-state index contributed by atoms with van der Waals surface area (Å²) in [5, 5.41) is 0.493. The Hall–Kier alpha value is -0.780. The molecule has 0 aromatic heterocycles. The SMILES string of the molecule is COc1ccc(Cl)cc1CS(=O)(=O)CC(C)CN. The standard InChI is InChI=1S/C12H18ClNO3S/c1-9(6-14)7-18(15,16)8-10-5-11(13)3-4-12(10)17-2/h3-5,9H,6-8,14H2,1-2H3. The average molecular weight is 292 g/mol. The van der Waals surface area contributed by atoms with Crippen LogP contribution in [0.2, 0.25) is 5.02 Å². The number of methoxy groups -OCH3 is 1. The molecular weight excluding hydrogens is 274 g/mol. The van der Waals surface area contributed by atoms with Crippen LogP contribution in [0.3, 0.4) is 0 Å². The Balaban J connectivity index is 2.93. The molecule has 6 heteroatoms. The van der Waals surface area contributed by atoms with Gasteiger partial charge in [-0.1, -0.05) is 18.5 Å². The van der Waals surface area contributed by atoms with Crippen LogP contribution >= 0.6 is 11.6 Å². The zero-order valence-electron chi connectivity index (χ0n) is 10.5. The molecule has 1 unspecified atom stereocenters. The first-order valence-electron chi connectivity index (χ1n) is 5.61. The van der Waals surface area contributed by atoms with Crippen LogP contribution < -0.4 is 10.5 Å². The van der Waals surface area contributed by atoms with E-state index in [4.69, 9.17) is 22.1 Å². The van der Waals surface area contributed by atoms with Gasteiger partial charge in [0.25, 0.3) is 0 Å². The number of hydrogen-bond donors (Lipinski definition) is 1. The van der Waals surface area contributed by atoms with Gasteiger partial charge in [-0.05, 0) is 30.7 Å². The van der Waals surface area contributed by atoms with Crippen molar-refractivity contribution in [2.45, 2.75) is 12.7 Å². The second kappa shape index (κ2) is 6.41. The van der Waals surface area contributed by atoms with Gasteiger partial charge in [-0.3, -0.25) is 0 Å². The summed E-state index contributed by atoms with van der Waals surface area (Å²) < 4.78 is 29.1. The number of nitrogens with two attached hydrogens (primary N) is 1. The van der Waals surface area contributed by atoms with Crippen LogP contribution in [0.5, 0.6) is 5.75 Å². The molecule has 18 heavy (non-hydrogen) atoms. The molecule has 1 rings (SSSR count). The third-order valence-electron chi connectivity index (χ3n) is 2.56. The molecule has 0 heterocycles. The summed E-state index contributed by atoms with van der Waals surface area (Å²) in [6.45, 7) is 2.17. The van der Waals surface area contributed by atoms with E-state index in [2.05, 4.69) is 0 Å². The predicted octanol–water partition coefficient (Wildman–Crippen LogP) is 1.86. The van der Waals surface area contributed by atoms with Gasteiger partial charge in [0.15, 0.2) is 9.84 Å². The molecule has 2 N–H and O–H groups in total. The molecule has 0 aliphatic rings. The van der Waals surface area contributed by atoms with E-state index >= 15 is 0 Å². The highest BCUT2D eigenvalue weighted by molar-refractivity contribution is 7.90. The van der Waals surface area contributed by atoms with Gasteiger partial charge < -0.3 is 10.5 Å². The summed E-state index contributed by atoms with van der Waals surface area (Å²) in [4.78, 5) is 0. The van der Waals surface area contributed by atoms with E-state index < -0.39 is 9.84 Å². The average Bonchev–Trinajstić information content (AvgIpc) is 2.28. The fourth-order valence-electron chi connectivity index (χ4n) is 1.66. The van der Waals surface area contributed by atoms with Crippen molar-refractivity contribution in [1.29, 1.82) is 0 Å². The smallest absolute Gasteiger partial charge is 0.154 e. The number of ether oxygens (including phenoxy) is 1. The molecule has 1 aromatic carbocycles. The molecule has 1 aromatic rings. The van der Waals surface area contributed by atoms with Crippen molar-refractivity contribution < 1.29 is 13.2 Å². The lowest BCUT2D eigenvalue weighted by atomic mass is 10.2. The van der Waals surface area contributed by atoms with Crippen molar-refractivity contribution in [2.75, 3.05) is 19.4 Å². The topological polar surface area (TPSA) is 69.4 Å². The van der Waals surface area contributed by atoms with E-state index in [1.54, 1.807) is 18.2 Å². The molecule has 4 nitrogen and oxygen atoms in total. The second-order valence-electron chi connectivity index (χ2n) is 4.35. The summed E-state index contributed by atoms with van der Waals surface area (Å²) in [6, 6.07) is 4.95. The second-order valence-corrected chi connectivity index (χ2v) is 6.90. The molecule has 0 aliphatic heterocycles. The summed E-state index contributed by atoms with van der Waals surface area (Å²) in [5.74, 6) is 0.462. The number of sulfone groups is 1. The summed E-state index contributed by atoms with van der Waals surface area (Å²) >= 11 is 5.87. The number of rotatable bonds is 6. The Morgan fingerprint density at radius 3 is 2.67 bits per heavy atom. The fraction of sp³-hybridized carbons (Fsp3) is 0.500. The molecule has 0 bridgehead atoms. The highest BCUT2D eigenvalue weighted by Gasteiger charge is 2.18. The molecule has 0 radical (unpaired) electrons. The van der Waals surface area contributed by atoms with Crippen molar-refractivity contribution in [3.63, 3.8) is 0 Å². The van der Waals surface area contributed by atoms with Gasteiger partial charge in [-0.2, -0.15) is 0 Å². The highest BCUT2D eigenvalue weighted by atomic mass is 35.5. The zero-order chi connectivity index (χ0) is 13.8. The monoisotopic (exact) mass is 291 g/mol. The molecule has 0 saturated carbocycles. The minimum absolute atomic E-state index is 0.0554. The van der Waals surface area contributed by atoms with E-state index in [9.17, 15) is 8.42 Å². The molecular formula is C12H18ClNO3S. The molecule has 0 spiro atoms. The first-order valence-corrected chi connectivity index (χ1v) is 7.81. The highest BCUT2D eigenvalue weighted by Crippen LogP contribution is 2.25. The van der Waals surface area contributed by atoms with Crippen molar-refractivity contribution >= 4 is 21.4 Å². The van der Waals surface area contributed by atoms with Crippen LogP contribution in [0.1, 0.15) is 12.5 Å². The van der Waals surface area contributed by atoms with E-state index in [1.165, 1.54) is 7.11 Å². The summed E-state index contributed by atoms with van der Waals surface area (Å²) in [7, 11) is -1.71. The lowest BCUT2D eigenvalue weighted by Gasteiger charge is -2.12. The Kier molecular flexibility index (Phi) is 5.44. The quantitative estimate of drug-likeness (QED) is 0.868. The largest absolute Gasteiger partial charge is 0.496 e. The van der Waals surface area contributed by atoms with Crippen molar-refractivity contribution in [3.8, 4) is 5.75 Å². The third kappa shape index (κ3) is 4.48. The van der Waals surface area contributed by atoms with E-state index in [0.29, 0.717) is 22.9 Å². The van der Waals surface area contributed by atoms with Crippen LogP contribution in [0.4, 0.5) is 0 Å². The maximum atomic E-state index is 12.0. The number of hydrogen-bond acceptors (Lipinski definition) is 4. The van der Waals surface area contributed by atoms with E-state index in [1.807, 2.05) is 6.92 Å². The van der Waals surface area contributed by atoms with Gasteiger partial charge in [-0.15, -0.1) is 0 Å². The van der Waals surface area contributed by atoms with Crippen molar-refractivity contribution in [1.82, 2.24) is 0 Å². The molecule has 1 atom stereocenters. The predicted molar refractivity (Wildman–Crippen MR) is 73.7 cm³/mol. The Labute approximate surface area is 113 Å². The zero-order valence-corrected chi connectivity index (χ0v) is 12.1. The minimum atomic E-state index is -3.21. The first-order chi connectivity index (χ1) is 8.38. The van der Waals surface area contributed by atoms with Crippen LogP contribution in [0.25, 0.3) is 0 Å². The van der Waals surface area contributed by atoms with Gasteiger partial charge in [-0.25, -0.2) is 8.42 Å². The van der Waals surface area contributed by atoms with Crippen LogP contribution in [-0.4, -0.2) is 27.8 Å². The minimum Gasteiger partial charge on any atom is -0.496 e. The lowest BCUT2D eigenvalue weighted by Crippen LogP contribution is -2.22. The number of halogens is 1. The fourth-order valence-corrected chi connectivity index (χ4v) is 3.67. The molecule has 0 amide bonds. The first kappa shape index (κ1) is 15.3. The van der Waals surface area contributed by atoms with Gasteiger partial charge in [0.2, 0.25) is 0 Å². The maximum Gasteiger partial charge on any atom is 0.154 e. The normalized spacial score (nSPS) is 13.3. The van der Waals surface area contributed by atoms with Crippen molar-refractivity contribution in [2.24, 2.45) is 11.7 Å². The molecule has 0 aliphatic carbocycles. The third-order valence-corrected chi connectivity index (χ3v) is 4.62. The van der Waals surface area contributed by atoms with Crippen LogP contribution in [0.15, 0.2) is 18.2 Å². The molecule has 0 saturated heterocycles. The van der Waals surface area contributed by atoms with Crippen molar-refractivity contribution in [3.05, 3.63) is 28.8 Å². The Morgan fingerprint density at radius 1 is 1.44 bits per heavy atom. The van der Waals surface area contributed by atoms with E-state index in [0.717, 1.165) is 0 Å². The molecule has 102 valence electrons. The van der Waals surface area contributed by atoms with Crippen LogP contribution in [-0.2, 0) is 15.6 Å². The van der Waals surface area contributed by atoms with Gasteiger partial charge >= 0.3 is 0 Å². The van der Waals surface area contributed by atoms with Gasteiger partial charge in [0, 0.05) is 10.6 Å². The maximum absolute atomic E-state index is 12.0.